The van der Waals surface area contributed by atoms with Crippen LogP contribution in [-0.2, 0) is 12.8 Å². The zero-order valence-corrected chi connectivity index (χ0v) is 16.3. The minimum Gasteiger partial charge on any atom is -0.497 e. The summed E-state index contributed by atoms with van der Waals surface area (Å²) >= 11 is 0. The lowest BCUT2D eigenvalue weighted by atomic mass is 9.98. The number of hydrogen-bond donors (Lipinski definition) is 1. The van der Waals surface area contributed by atoms with Crippen LogP contribution in [-0.4, -0.2) is 25.9 Å². The maximum atomic E-state index is 12.7. The van der Waals surface area contributed by atoms with Gasteiger partial charge in [-0.05, 0) is 60.4 Å². The highest BCUT2D eigenvalue weighted by Crippen LogP contribution is 2.33. The fourth-order valence-electron chi connectivity index (χ4n) is 3.43. The highest BCUT2D eigenvalue weighted by atomic mass is 16.7. The number of rotatable bonds is 7. The number of methoxy groups -OCH3 is 1. The van der Waals surface area contributed by atoms with Gasteiger partial charge in [-0.1, -0.05) is 36.4 Å². The molecule has 0 fully saturated rings. The van der Waals surface area contributed by atoms with Gasteiger partial charge in [0.1, 0.15) is 5.75 Å². The molecule has 1 aliphatic rings. The van der Waals surface area contributed by atoms with Crippen molar-refractivity contribution in [2.75, 3.05) is 13.9 Å². The van der Waals surface area contributed by atoms with E-state index in [2.05, 4.69) is 5.32 Å². The van der Waals surface area contributed by atoms with Crippen molar-refractivity contribution in [2.24, 2.45) is 0 Å². The summed E-state index contributed by atoms with van der Waals surface area (Å²) in [4.78, 5) is 12.7. The summed E-state index contributed by atoms with van der Waals surface area (Å²) in [6.07, 6.45) is 1.39. The zero-order valence-electron chi connectivity index (χ0n) is 16.3. The lowest BCUT2D eigenvalue weighted by Crippen LogP contribution is -2.38. The number of fused-ring (bicyclic) bond motifs is 1. The van der Waals surface area contributed by atoms with Crippen molar-refractivity contribution < 1.29 is 19.0 Å². The molecule has 148 valence electrons. The van der Waals surface area contributed by atoms with E-state index in [1.807, 2.05) is 72.8 Å². The molecule has 1 amide bonds. The Hall–Kier alpha value is -3.47. The molecule has 0 saturated heterocycles. The Bertz CT molecular complexity index is 970. The number of carbonyl (C=O) groups is 1. The molecule has 0 spiro atoms. The third-order valence-electron chi connectivity index (χ3n) is 4.93. The maximum absolute atomic E-state index is 12.7. The van der Waals surface area contributed by atoms with Crippen LogP contribution in [0.1, 0.15) is 21.5 Å². The van der Waals surface area contributed by atoms with E-state index in [1.54, 1.807) is 7.11 Å². The van der Waals surface area contributed by atoms with Crippen molar-refractivity contribution >= 4 is 5.91 Å². The largest absolute Gasteiger partial charge is 0.497 e. The van der Waals surface area contributed by atoms with Gasteiger partial charge in [0.05, 0.1) is 7.11 Å². The molecule has 0 unspecified atom stereocenters. The fourth-order valence-corrected chi connectivity index (χ4v) is 3.43. The van der Waals surface area contributed by atoms with E-state index in [4.69, 9.17) is 14.2 Å². The molecule has 0 radical (unpaired) electrons. The second-order valence-corrected chi connectivity index (χ2v) is 6.98. The minimum atomic E-state index is -0.0788. The lowest BCUT2D eigenvalue weighted by Gasteiger charge is -2.20. The van der Waals surface area contributed by atoms with Crippen LogP contribution >= 0.6 is 0 Å². The Balaban J connectivity index is 1.53. The maximum Gasteiger partial charge on any atom is 0.251 e. The van der Waals surface area contributed by atoms with Crippen molar-refractivity contribution in [3.63, 3.8) is 0 Å². The molecule has 1 heterocycles. The molecule has 1 N–H and O–H groups in total. The molecule has 4 rings (SSSR count). The predicted molar refractivity (Wildman–Crippen MR) is 111 cm³/mol. The lowest BCUT2D eigenvalue weighted by molar-refractivity contribution is 0.0936. The van der Waals surface area contributed by atoms with Crippen LogP contribution in [0.4, 0.5) is 0 Å². The second kappa shape index (κ2) is 8.69. The standard InChI is InChI=1S/C24H23NO4/c1-27-21-10-7-17(8-11-21)13-20(25-24(26)19-5-3-2-4-6-19)14-18-9-12-22-23(15-18)29-16-28-22/h2-12,15,20H,13-14,16H2,1H3,(H,25,26)/t20-/m0/s1. The first-order valence-electron chi connectivity index (χ1n) is 9.58. The number of benzene rings is 3. The highest BCUT2D eigenvalue weighted by molar-refractivity contribution is 5.94. The molecule has 3 aromatic carbocycles. The summed E-state index contributed by atoms with van der Waals surface area (Å²) in [5, 5.41) is 3.18. The molecule has 5 nitrogen and oxygen atoms in total. The van der Waals surface area contributed by atoms with E-state index in [-0.39, 0.29) is 18.7 Å². The molecule has 0 aromatic heterocycles. The fraction of sp³-hybridized carbons (Fsp3) is 0.208. The number of carbonyl (C=O) groups excluding carboxylic acids is 1. The molecule has 29 heavy (non-hydrogen) atoms. The summed E-state index contributed by atoms with van der Waals surface area (Å²) < 4.78 is 16.1. The third kappa shape index (κ3) is 4.69. The average Bonchev–Trinajstić information content (AvgIpc) is 3.23. The zero-order chi connectivity index (χ0) is 20.1. The summed E-state index contributed by atoms with van der Waals surface area (Å²) in [5.74, 6) is 2.24. The monoisotopic (exact) mass is 389 g/mol. The number of amides is 1. The quantitative estimate of drug-likeness (QED) is 0.663. The van der Waals surface area contributed by atoms with Crippen molar-refractivity contribution in [1.82, 2.24) is 5.32 Å². The van der Waals surface area contributed by atoms with Crippen LogP contribution in [0.15, 0.2) is 72.8 Å². The van der Waals surface area contributed by atoms with Gasteiger partial charge in [0.2, 0.25) is 6.79 Å². The molecule has 0 saturated carbocycles. The van der Waals surface area contributed by atoms with Crippen molar-refractivity contribution in [2.45, 2.75) is 18.9 Å². The van der Waals surface area contributed by atoms with Gasteiger partial charge in [-0.25, -0.2) is 0 Å². The Kier molecular flexibility index (Phi) is 5.66. The minimum absolute atomic E-state index is 0.0727. The first-order valence-corrected chi connectivity index (χ1v) is 9.58. The van der Waals surface area contributed by atoms with Gasteiger partial charge in [-0.2, -0.15) is 0 Å². The smallest absolute Gasteiger partial charge is 0.251 e. The topological polar surface area (TPSA) is 56.8 Å². The van der Waals surface area contributed by atoms with Crippen LogP contribution in [0.2, 0.25) is 0 Å². The summed E-state index contributed by atoms with van der Waals surface area (Å²) in [5.41, 5.74) is 2.86. The Morgan fingerprint density at radius 3 is 2.38 bits per heavy atom. The van der Waals surface area contributed by atoms with Crippen LogP contribution in [0.25, 0.3) is 0 Å². The number of hydrogen-bond acceptors (Lipinski definition) is 4. The third-order valence-corrected chi connectivity index (χ3v) is 4.93. The van der Waals surface area contributed by atoms with E-state index in [0.29, 0.717) is 18.4 Å². The number of nitrogens with one attached hydrogen (secondary N) is 1. The van der Waals surface area contributed by atoms with Crippen LogP contribution in [0.3, 0.4) is 0 Å². The Morgan fingerprint density at radius 2 is 1.62 bits per heavy atom. The van der Waals surface area contributed by atoms with Gasteiger partial charge < -0.3 is 19.5 Å². The molecular weight excluding hydrogens is 366 g/mol. The Morgan fingerprint density at radius 1 is 0.931 bits per heavy atom. The second-order valence-electron chi connectivity index (χ2n) is 6.98. The summed E-state index contributed by atoms with van der Waals surface area (Å²) in [6.45, 7) is 0.249. The summed E-state index contributed by atoms with van der Waals surface area (Å²) in [7, 11) is 1.65. The molecule has 1 atom stereocenters. The average molecular weight is 389 g/mol. The Labute approximate surface area is 170 Å². The van der Waals surface area contributed by atoms with Crippen molar-refractivity contribution in [1.29, 1.82) is 0 Å². The van der Waals surface area contributed by atoms with E-state index in [9.17, 15) is 4.79 Å². The van der Waals surface area contributed by atoms with Gasteiger partial charge in [0.15, 0.2) is 11.5 Å². The van der Waals surface area contributed by atoms with E-state index < -0.39 is 0 Å². The molecule has 5 heteroatoms. The van der Waals surface area contributed by atoms with Crippen LogP contribution in [0, 0.1) is 0 Å². The normalized spacial score (nSPS) is 13.0. The van der Waals surface area contributed by atoms with E-state index in [0.717, 1.165) is 28.4 Å². The first kappa shape index (κ1) is 18.9. The predicted octanol–water partition coefficient (Wildman–Crippen LogP) is 4.01. The number of ether oxygens (including phenoxy) is 3. The molecule has 3 aromatic rings. The molecule has 0 bridgehead atoms. The van der Waals surface area contributed by atoms with Gasteiger partial charge in [-0.3, -0.25) is 4.79 Å². The van der Waals surface area contributed by atoms with Crippen molar-refractivity contribution in [3.05, 3.63) is 89.5 Å². The van der Waals surface area contributed by atoms with Crippen LogP contribution in [0.5, 0.6) is 17.2 Å². The van der Waals surface area contributed by atoms with Gasteiger partial charge in [-0.15, -0.1) is 0 Å². The van der Waals surface area contributed by atoms with Gasteiger partial charge >= 0.3 is 0 Å². The van der Waals surface area contributed by atoms with Gasteiger partial charge in [0.25, 0.3) is 5.91 Å². The highest BCUT2D eigenvalue weighted by Gasteiger charge is 2.18. The van der Waals surface area contributed by atoms with Gasteiger partial charge in [0, 0.05) is 11.6 Å². The SMILES string of the molecule is COc1ccc(C[C@@H](Cc2ccc3c(c2)OCO3)NC(=O)c2ccccc2)cc1. The van der Waals surface area contributed by atoms with Crippen LogP contribution < -0.4 is 19.5 Å². The van der Waals surface area contributed by atoms with E-state index in [1.165, 1.54) is 0 Å². The van der Waals surface area contributed by atoms with E-state index >= 15 is 0 Å². The summed E-state index contributed by atoms with van der Waals surface area (Å²) in [6, 6.07) is 23.0. The first-order chi connectivity index (χ1) is 14.2. The molecule has 1 aliphatic heterocycles. The molecular formula is C24H23NO4. The van der Waals surface area contributed by atoms with Crippen molar-refractivity contribution in [3.8, 4) is 17.2 Å². The molecule has 0 aliphatic carbocycles.